The lowest BCUT2D eigenvalue weighted by Gasteiger charge is -2.36. The summed E-state index contributed by atoms with van der Waals surface area (Å²) in [5.41, 5.74) is 1.70. The van der Waals surface area contributed by atoms with Gasteiger partial charge in [-0.25, -0.2) is 0 Å². The second-order valence-corrected chi connectivity index (χ2v) is 6.00. The molecule has 2 saturated heterocycles. The molecule has 0 radical (unpaired) electrons. The second-order valence-electron chi connectivity index (χ2n) is 6.00. The fourth-order valence-electron chi connectivity index (χ4n) is 3.31. The minimum atomic E-state index is -0.0614. The van der Waals surface area contributed by atoms with Crippen LogP contribution in [-0.4, -0.2) is 46.7 Å². The summed E-state index contributed by atoms with van der Waals surface area (Å²) in [5.74, 6) is -0.0852. The van der Waals surface area contributed by atoms with Crippen molar-refractivity contribution in [2.45, 2.75) is 38.6 Å². The van der Waals surface area contributed by atoms with E-state index in [2.05, 4.69) is 0 Å². The number of hydrogen-bond acceptors (Lipinski definition) is 3. The van der Waals surface area contributed by atoms with E-state index in [0.717, 1.165) is 11.1 Å². The highest BCUT2D eigenvalue weighted by molar-refractivity contribution is 6.02. The molecule has 3 amide bonds. The van der Waals surface area contributed by atoms with Gasteiger partial charge in [0.15, 0.2) is 0 Å². The van der Waals surface area contributed by atoms with Gasteiger partial charge >= 0.3 is 0 Å². The van der Waals surface area contributed by atoms with E-state index in [9.17, 15) is 14.4 Å². The summed E-state index contributed by atoms with van der Waals surface area (Å²) in [4.78, 5) is 39.4. The zero-order valence-electron chi connectivity index (χ0n) is 12.7. The molecule has 0 bridgehead atoms. The van der Waals surface area contributed by atoms with Crippen LogP contribution in [0.1, 0.15) is 41.6 Å². The number of amides is 3. The fourth-order valence-corrected chi connectivity index (χ4v) is 3.31. The first-order valence-electron chi connectivity index (χ1n) is 7.77. The van der Waals surface area contributed by atoms with E-state index in [1.54, 1.807) is 0 Å². The van der Waals surface area contributed by atoms with Crippen molar-refractivity contribution in [3.05, 3.63) is 35.4 Å². The van der Waals surface area contributed by atoms with Gasteiger partial charge in [-0.05, 0) is 31.4 Å². The zero-order valence-corrected chi connectivity index (χ0v) is 12.7. The molecule has 2 heterocycles. The van der Waals surface area contributed by atoms with Crippen molar-refractivity contribution in [3.63, 3.8) is 0 Å². The number of nitrogens with zero attached hydrogens (tertiary/aromatic N) is 2. The Balaban J connectivity index is 1.65. The lowest BCUT2D eigenvalue weighted by Crippen LogP contribution is -2.48. The average Bonchev–Trinajstić information content (AvgIpc) is 2.86. The number of hydrogen-bond donors (Lipinski definition) is 0. The first-order valence-corrected chi connectivity index (χ1v) is 7.77. The minimum Gasteiger partial charge on any atom is -0.338 e. The smallest absolute Gasteiger partial charge is 0.254 e. The first kappa shape index (κ1) is 14.8. The molecule has 0 saturated carbocycles. The average molecular weight is 300 g/mol. The van der Waals surface area contributed by atoms with E-state index in [0.29, 0.717) is 38.8 Å². The summed E-state index contributed by atoms with van der Waals surface area (Å²) in [6, 6.07) is 7.53. The Hall–Kier alpha value is -2.17. The van der Waals surface area contributed by atoms with E-state index < -0.39 is 0 Å². The SMILES string of the molecule is Cc1ccccc1C(=O)N1CCC(N2C(=O)CCC2=O)CC1. The Morgan fingerprint density at radius 2 is 1.64 bits per heavy atom. The standard InChI is InChI=1S/C17H20N2O3/c1-12-4-2-3-5-14(12)17(22)18-10-8-13(9-11-18)19-15(20)6-7-16(19)21/h2-5,13H,6-11H2,1H3. The third-order valence-corrected chi connectivity index (χ3v) is 4.58. The van der Waals surface area contributed by atoms with Gasteiger partial charge in [-0.1, -0.05) is 18.2 Å². The molecule has 116 valence electrons. The Labute approximate surface area is 129 Å². The number of imide groups is 1. The molecule has 1 aromatic rings. The largest absolute Gasteiger partial charge is 0.338 e. The highest BCUT2D eigenvalue weighted by atomic mass is 16.2. The first-order chi connectivity index (χ1) is 10.6. The predicted octanol–water partition coefficient (Wildman–Crippen LogP) is 1.75. The van der Waals surface area contributed by atoms with Crippen molar-refractivity contribution in [1.29, 1.82) is 0 Å². The second kappa shape index (κ2) is 5.91. The Morgan fingerprint density at radius 1 is 1.05 bits per heavy atom. The number of carbonyl (C=O) groups excluding carboxylic acids is 3. The van der Waals surface area contributed by atoms with Crippen LogP contribution in [0.3, 0.4) is 0 Å². The monoisotopic (exact) mass is 300 g/mol. The summed E-state index contributed by atoms with van der Waals surface area (Å²) in [7, 11) is 0. The van der Waals surface area contributed by atoms with E-state index in [1.165, 1.54) is 4.90 Å². The summed E-state index contributed by atoms with van der Waals surface area (Å²) in [5, 5.41) is 0. The summed E-state index contributed by atoms with van der Waals surface area (Å²) >= 11 is 0. The van der Waals surface area contributed by atoms with Crippen LogP contribution in [0.15, 0.2) is 24.3 Å². The van der Waals surface area contributed by atoms with Gasteiger partial charge in [0.2, 0.25) is 11.8 Å². The van der Waals surface area contributed by atoms with Crippen molar-refractivity contribution >= 4 is 17.7 Å². The van der Waals surface area contributed by atoms with Crippen LogP contribution < -0.4 is 0 Å². The number of aryl methyl sites for hydroxylation is 1. The molecule has 3 rings (SSSR count). The van der Waals surface area contributed by atoms with Crippen LogP contribution in [0, 0.1) is 6.92 Å². The maximum absolute atomic E-state index is 12.6. The number of carbonyl (C=O) groups is 3. The molecular weight excluding hydrogens is 280 g/mol. The molecule has 0 aromatic heterocycles. The molecule has 5 nitrogen and oxygen atoms in total. The third kappa shape index (κ3) is 2.63. The van der Waals surface area contributed by atoms with Gasteiger partial charge in [0.1, 0.15) is 0 Å². The van der Waals surface area contributed by atoms with Gasteiger partial charge in [0.05, 0.1) is 0 Å². The van der Waals surface area contributed by atoms with Gasteiger partial charge < -0.3 is 4.90 Å². The zero-order chi connectivity index (χ0) is 15.7. The maximum Gasteiger partial charge on any atom is 0.254 e. The van der Waals surface area contributed by atoms with Gasteiger partial charge in [0, 0.05) is 37.5 Å². The minimum absolute atomic E-state index is 0.0376. The third-order valence-electron chi connectivity index (χ3n) is 4.58. The van der Waals surface area contributed by atoms with Crippen molar-refractivity contribution in [3.8, 4) is 0 Å². The molecule has 0 aliphatic carbocycles. The maximum atomic E-state index is 12.6. The van der Waals surface area contributed by atoms with Crippen LogP contribution in [-0.2, 0) is 9.59 Å². The lowest BCUT2D eigenvalue weighted by molar-refractivity contribution is -0.141. The van der Waals surface area contributed by atoms with Crippen molar-refractivity contribution < 1.29 is 14.4 Å². The fraction of sp³-hybridized carbons (Fsp3) is 0.471. The van der Waals surface area contributed by atoms with Crippen LogP contribution in [0.2, 0.25) is 0 Å². The van der Waals surface area contributed by atoms with Crippen LogP contribution in [0.25, 0.3) is 0 Å². The Kier molecular flexibility index (Phi) is 3.96. The van der Waals surface area contributed by atoms with Gasteiger partial charge in [-0.2, -0.15) is 0 Å². The van der Waals surface area contributed by atoms with Gasteiger partial charge in [0.25, 0.3) is 5.91 Å². The molecule has 2 aliphatic heterocycles. The number of benzene rings is 1. The summed E-state index contributed by atoms with van der Waals surface area (Å²) < 4.78 is 0. The highest BCUT2D eigenvalue weighted by Crippen LogP contribution is 2.24. The van der Waals surface area contributed by atoms with Crippen LogP contribution in [0.4, 0.5) is 0 Å². The number of likely N-dealkylation sites (tertiary alicyclic amines) is 2. The van der Waals surface area contributed by atoms with Crippen molar-refractivity contribution in [2.75, 3.05) is 13.1 Å². The quantitative estimate of drug-likeness (QED) is 0.782. The van der Waals surface area contributed by atoms with Crippen LogP contribution in [0.5, 0.6) is 0 Å². The molecule has 0 spiro atoms. The molecule has 0 atom stereocenters. The molecule has 0 unspecified atom stereocenters. The molecule has 5 heteroatoms. The molecular formula is C17H20N2O3. The number of rotatable bonds is 2. The van der Waals surface area contributed by atoms with Gasteiger partial charge in [-0.15, -0.1) is 0 Å². The molecule has 2 aliphatic rings. The van der Waals surface area contributed by atoms with E-state index in [1.807, 2.05) is 36.1 Å². The van der Waals surface area contributed by atoms with Crippen molar-refractivity contribution in [2.24, 2.45) is 0 Å². The topological polar surface area (TPSA) is 57.7 Å². The molecule has 0 N–H and O–H groups in total. The van der Waals surface area contributed by atoms with Crippen molar-refractivity contribution in [1.82, 2.24) is 9.80 Å². The Bertz CT molecular complexity index is 602. The van der Waals surface area contributed by atoms with E-state index in [4.69, 9.17) is 0 Å². The highest BCUT2D eigenvalue weighted by Gasteiger charge is 2.37. The summed E-state index contributed by atoms with van der Waals surface area (Å²) in [6.45, 7) is 3.12. The van der Waals surface area contributed by atoms with E-state index >= 15 is 0 Å². The van der Waals surface area contributed by atoms with E-state index in [-0.39, 0.29) is 23.8 Å². The Morgan fingerprint density at radius 3 is 2.23 bits per heavy atom. The number of piperidine rings is 1. The molecule has 2 fully saturated rings. The lowest BCUT2D eigenvalue weighted by atomic mass is 10.0. The normalized spacial score (nSPS) is 19.9. The van der Waals surface area contributed by atoms with Crippen LogP contribution >= 0.6 is 0 Å². The van der Waals surface area contributed by atoms with Gasteiger partial charge in [-0.3, -0.25) is 19.3 Å². The molecule has 1 aromatic carbocycles. The summed E-state index contributed by atoms with van der Waals surface area (Å²) in [6.07, 6.45) is 2.02. The molecule has 22 heavy (non-hydrogen) atoms. The predicted molar refractivity (Wildman–Crippen MR) is 81.2 cm³/mol.